The Morgan fingerprint density at radius 1 is 0.909 bits per heavy atom. The number of phenols is 1. The number of aliphatic carboxylic acids is 1. The lowest BCUT2D eigenvalue weighted by Gasteiger charge is -2.15. The maximum absolute atomic E-state index is 12.5. The molecular weight excluding hydrogens is 882 g/mol. The Morgan fingerprint density at radius 2 is 1.45 bits per heavy atom. The number of rotatable bonds is 7. The SMILES string of the molecule is N[C@@H](Cc1cc(I)c(Oc2cc(I)c(OC(=O)c3ccccc3O)c(I)c2)c(I)c1)C(=O)O. The van der Waals surface area contributed by atoms with Crippen LogP contribution in [0.25, 0.3) is 0 Å². The molecule has 4 N–H and O–H groups in total. The molecule has 7 nitrogen and oxygen atoms in total. The van der Waals surface area contributed by atoms with Crippen LogP contribution in [0, 0.1) is 14.3 Å². The number of carboxylic acids is 1. The molecule has 0 aliphatic rings. The molecule has 11 heteroatoms. The van der Waals surface area contributed by atoms with Gasteiger partial charge in [0.25, 0.3) is 0 Å². The van der Waals surface area contributed by atoms with Gasteiger partial charge in [-0.3, -0.25) is 4.79 Å². The van der Waals surface area contributed by atoms with E-state index in [0.29, 0.717) is 24.4 Å². The lowest BCUT2D eigenvalue weighted by atomic mass is 10.1. The highest BCUT2D eigenvalue weighted by molar-refractivity contribution is 14.1. The minimum atomic E-state index is -1.05. The van der Waals surface area contributed by atoms with Gasteiger partial charge in [0.2, 0.25) is 0 Å². The fraction of sp³-hybridized carbons (Fsp3) is 0.0909. The number of hydrogen-bond donors (Lipinski definition) is 3. The molecule has 0 saturated heterocycles. The predicted octanol–water partition coefficient (Wildman–Crippen LogP) is 5.78. The summed E-state index contributed by atoms with van der Waals surface area (Å²) in [5.74, 6) is -0.292. The van der Waals surface area contributed by atoms with Gasteiger partial charge in [-0.2, -0.15) is 0 Å². The number of ether oxygens (including phenoxy) is 2. The first-order valence-electron chi connectivity index (χ1n) is 9.20. The third kappa shape index (κ3) is 6.82. The molecule has 0 fully saturated rings. The number of nitrogens with two attached hydrogens (primary N) is 1. The second-order valence-electron chi connectivity index (χ2n) is 6.76. The molecule has 0 bridgehead atoms. The molecule has 0 spiro atoms. The van der Waals surface area contributed by atoms with E-state index in [0.717, 1.165) is 12.7 Å². The molecule has 3 aromatic carbocycles. The lowest BCUT2D eigenvalue weighted by Crippen LogP contribution is -2.32. The van der Waals surface area contributed by atoms with E-state index in [2.05, 4.69) is 90.4 Å². The molecule has 172 valence electrons. The molecule has 0 aromatic heterocycles. The second-order valence-corrected chi connectivity index (χ2v) is 11.4. The first kappa shape index (κ1) is 26.7. The zero-order valence-corrected chi connectivity index (χ0v) is 25.1. The molecule has 0 aliphatic carbocycles. The normalized spacial score (nSPS) is 11.7. The summed E-state index contributed by atoms with van der Waals surface area (Å²) in [7, 11) is 0. The van der Waals surface area contributed by atoms with Gasteiger partial charge in [-0.05, 0) is 139 Å². The molecule has 0 heterocycles. The Bertz CT molecular complexity index is 1190. The quantitative estimate of drug-likeness (QED) is 0.157. The molecule has 3 aromatic rings. The van der Waals surface area contributed by atoms with Crippen molar-refractivity contribution < 1.29 is 29.3 Å². The monoisotopic (exact) mass is 897 g/mol. The van der Waals surface area contributed by atoms with Crippen LogP contribution in [0.1, 0.15) is 15.9 Å². The van der Waals surface area contributed by atoms with Gasteiger partial charge in [0.05, 0.1) is 14.3 Å². The number of hydrogen-bond acceptors (Lipinski definition) is 6. The summed E-state index contributed by atoms with van der Waals surface area (Å²) >= 11 is 8.39. The third-order valence-electron chi connectivity index (χ3n) is 4.34. The minimum absolute atomic E-state index is 0.0799. The number of carbonyl (C=O) groups excluding carboxylic acids is 1. The number of phenolic OH excluding ortho intramolecular Hbond substituents is 1. The van der Waals surface area contributed by atoms with Crippen molar-refractivity contribution in [3.8, 4) is 23.0 Å². The summed E-state index contributed by atoms with van der Waals surface area (Å²) in [4.78, 5) is 23.5. The van der Waals surface area contributed by atoms with E-state index in [-0.39, 0.29) is 17.7 Å². The van der Waals surface area contributed by atoms with Crippen molar-refractivity contribution in [1.82, 2.24) is 0 Å². The third-order valence-corrected chi connectivity index (χ3v) is 7.55. The maximum Gasteiger partial charge on any atom is 0.347 e. The van der Waals surface area contributed by atoms with Crippen molar-refractivity contribution >= 4 is 102 Å². The number of aromatic hydroxyl groups is 1. The van der Waals surface area contributed by atoms with E-state index in [1.54, 1.807) is 24.3 Å². The smallest absolute Gasteiger partial charge is 0.347 e. The van der Waals surface area contributed by atoms with E-state index in [9.17, 15) is 14.7 Å². The van der Waals surface area contributed by atoms with Crippen LogP contribution in [0.3, 0.4) is 0 Å². The highest BCUT2D eigenvalue weighted by Gasteiger charge is 2.20. The van der Waals surface area contributed by atoms with Crippen LogP contribution in [-0.4, -0.2) is 28.2 Å². The minimum Gasteiger partial charge on any atom is -0.507 e. The van der Waals surface area contributed by atoms with Crippen LogP contribution in [0.5, 0.6) is 23.0 Å². The molecule has 0 radical (unpaired) electrons. The van der Waals surface area contributed by atoms with E-state index in [1.807, 2.05) is 12.1 Å². The maximum atomic E-state index is 12.5. The fourth-order valence-corrected chi connectivity index (χ4v) is 6.82. The molecule has 0 aliphatic heterocycles. The van der Waals surface area contributed by atoms with Gasteiger partial charge in [0.1, 0.15) is 23.1 Å². The number of esters is 1. The van der Waals surface area contributed by atoms with Crippen molar-refractivity contribution in [3.05, 3.63) is 73.9 Å². The zero-order chi connectivity index (χ0) is 24.3. The number of benzene rings is 3. The van der Waals surface area contributed by atoms with Gasteiger partial charge in [0.15, 0.2) is 11.5 Å². The fourth-order valence-electron chi connectivity index (χ4n) is 2.77. The van der Waals surface area contributed by atoms with Gasteiger partial charge in [-0.25, -0.2) is 4.79 Å². The summed E-state index contributed by atoms with van der Waals surface area (Å²) in [6, 6.07) is 12.4. The second kappa shape index (κ2) is 11.7. The van der Waals surface area contributed by atoms with Gasteiger partial charge in [0, 0.05) is 0 Å². The summed E-state index contributed by atoms with van der Waals surface area (Å²) < 4.78 is 14.6. The number of halogens is 4. The summed E-state index contributed by atoms with van der Waals surface area (Å²) in [6.45, 7) is 0. The summed E-state index contributed by atoms with van der Waals surface area (Å²) in [6.07, 6.45) is 0.217. The van der Waals surface area contributed by atoms with E-state index in [4.69, 9.17) is 20.3 Å². The van der Waals surface area contributed by atoms with Gasteiger partial charge in [-0.1, -0.05) is 12.1 Å². The molecule has 33 heavy (non-hydrogen) atoms. The molecule has 3 rings (SSSR count). The molecular formula is C22H15I4NO6. The number of para-hydroxylation sites is 1. The molecule has 0 amide bonds. The Hall–Kier alpha value is -0.920. The molecule has 1 atom stereocenters. The largest absolute Gasteiger partial charge is 0.507 e. The highest BCUT2D eigenvalue weighted by atomic mass is 127. The Morgan fingerprint density at radius 3 is 2.00 bits per heavy atom. The molecule has 0 saturated carbocycles. The predicted molar refractivity (Wildman–Crippen MR) is 156 cm³/mol. The van der Waals surface area contributed by atoms with Crippen LogP contribution in [0.15, 0.2) is 48.5 Å². The summed E-state index contributed by atoms with van der Waals surface area (Å²) in [5, 5.41) is 18.9. The van der Waals surface area contributed by atoms with Gasteiger partial charge in [-0.15, -0.1) is 0 Å². The molecule has 0 unspecified atom stereocenters. The van der Waals surface area contributed by atoms with Gasteiger partial charge >= 0.3 is 11.9 Å². The van der Waals surface area contributed by atoms with E-state index in [1.165, 1.54) is 12.1 Å². The number of carbonyl (C=O) groups is 2. The standard InChI is InChI=1S/C22H15I4NO6/c23-13-5-10(7-17(27)21(29)30)6-14(24)19(13)32-11-8-15(25)20(16(26)9-11)33-22(31)12-3-1-2-4-18(12)28/h1-6,8-9,17,28H,7,27H2,(H,29,30)/t17-/m0/s1. The Labute approximate surface area is 244 Å². The van der Waals surface area contributed by atoms with Crippen LogP contribution >= 0.6 is 90.4 Å². The highest BCUT2D eigenvalue weighted by Crippen LogP contribution is 2.38. The topological polar surface area (TPSA) is 119 Å². The summed E-state index contributed by atoms with van der Waals surface area (Å²) in [5.41, 5.74) is 6.54. The number of carboxylic acid groups (broad SMARTS) is 1. The van der Waals surface area contributed by atoms with Crippen LogP contribution in [0.4, 0.5) is 0 Å². The Kier molecular flexibility index (Phi) is 9.44. The average molecular weight is 897 g/mol. The first-order chi connectivity index (χ1) is 15.6. The van der Waals surface area contributed by atoms with Crippen LogP contribution in [0.2, 0.25) is 0 Å². The van der Waals surface area contributed by atoms with Crippen LogP contribution in [-0.2, 0) is 11.2 Å². The van der Waals surface area contributed by atoms with E-state index >= 15 is 0 Å². The van der Waals surface area contributed by atoms with Crippen molar-refractivity contribution in [1.29, 1.82) is 0 Å². The van der Waals surface area contributed by atoms with Crippen molar-refractivity contribution in [2.24, 2.45) is 5.73 Å². The lowest BCUT2D eigenvalue weighted by molar-refractivity contribution is -0.138. The first-order valence-corrected chi connectivity index (χ1v) is 13.5. The zero-order valence-electron chi connectivity index (χ0n) is 16.5. The van der Waals surface area contributed by atoms with Gasteiger partial charge < -0.3 is 25.4 Å². The van der Waals surface area contributed by atoms with Crippen molar-refractivity contribution in [2.75, 3.05) is 0 Å². The van der Waals surface area contributed by atoms with Crippen molar-refractivity contribution in [3.63, 3.8) is 0 Å². The average Bonchev–Trinajstić information content (AvgIpc) is 2.73. The van der Waals surface area contributed by atoms with Crippen molar-refractivity contribution in [2.45, 2.75) is 12.5 Å². The van der Waals surface area contributed by atoms with Crippen LogP contribution < -0.4 is 15.2 Å². The Balaban J connectivity index is 1.82. The van der Waals surface area contributed by atoms with E-state index < -0.39 is 18.0 Å².